The molecule has 0 bridgehead atoms. The van der Waals surface area contributed by atoms with Crippen molar-refractivity contribution in [3.05, 3.63) is 77.7 Å². The molecule has 6 heteroatoms. The first-order chi connectivity index (χ1) is 16.5. The lowest BCUT2D eigenvalue weighted by Gasteiger charge is -2.32. The van der Waals surface area contributed by atoms with E-state index in [4.69, 9.17) is 4.74 Å². The van der Waals surface area contributed by atoms with Crippen molar-refractivity contribution in [2.75, 3.05) is 14.1 Å². The van der Waals surface area contributed by atoms with Crippen LogP contribution in [0.5, 0.6) is 0 Å². The first-order valence-corrected chi connectivity index (χ1v) is 12.2. The van der Waals surface area contributed by atoms with Crippen LogP contribution in [0, 0.1) is 5.92 Å². The molecule has 0 radical (unpaired) electrons. The van der Waals surface area contributed by atoms with Crippen molar-refractivity contribution in [1.82, 2.24) is 14.5 Å². The monoisotopic (exact) mass is 459 g/mol. The van der Waals surface area contributed by atoms with E-state index >= 15 is 0 Å². The van der Waals surface area contributed by atoms with E-state index in [1.807, 2.05) is 36.8 Å². The fourth-order valence-electron chi connectivity index (χ4n) is 5.50. The Bertz CT molecular complexity index is 1150. The fourth-order valence-corrected chi connectivity index (χ4v) is 5.50. The van der Waals surface area contributed by atoms with Crippen LogP contribution < -0.4 is 0 Å². The molecule has 2 unspecified atom stereocenters. The number of ether oxygens (including phenoxy) is 1. The third-order valence-electron chi connectivity index (χ3n) is 7.39. The van der Waals surface area contributed by atoms with Crippen molar-refractivity contribution in [1.29, 1.82) is 0 Å². The molecule has 1 saturated carbocycles. The summed E-state index contributed by atoms with van der Waals surface area (Å²) in [5.74, 6) is 0.296. The van der Waals surface area contributed by atoms with Crippen molar-refractivity contribution in [2.45, 2.75) is 57.0 Å². The van der Waals surface area contributed by atoms with Crippen LogP contribution in [-0.2, 0) is 11.3 Å². The van der Waals surface area contributed by atoms with Crippen LogP contribution in [0.25, 0.3) is 11.3 Å². The number of hydrogen-bond acceptors (Lipinski definition) is 4. The van der Waals surface area contributed by atoms with Crippen molar-refractivity contribution in [2.24, 2.45) is 5.92 Å². The second-order valence-electron chi connectivity index (χ2n) is 9.84. The predicted molar refractivity (Wildman–Crippen MR) is 131 cm³/mol. The molecule has 6 nitrogen and oxygen atoms in total. The first-order valence-electron chi connectivity index (χ1n) is 12.2. The summed E-state index contributed by atoms with van der Waals surface area (Å²) in [5.41, 5.74) is 5.36. The zero-order chi connectivity index (χ0) is 23.7. The Kier molecular flexibility index (Phi) is 6.53. The molecule has 1 amide bonds. The molecule has 3 aromatic rings. The lowest BCUT2D eigenvalue weighted by Crippen LogP contribution is -2.30. The molecule has 0 spiro atoms. The Morgan fingerprint density at radius 3 is 2.74 bits per heavy atom. The van der Waals surface area contributed by atoms with Crippen LogP contribution in [0.1, 0.15) is 59.6 Å². The number of aliphatic hydroxyl groups excluding tert-OH is 1. The second kappa shape index (κ2) is 9.72. The maximum absolute atomic E-state index is 12.2. The number of amides is 1. The van der Waals surface area contributed by atoms with E-state index in [0.717, 1.165) is 36.9 Å². The average molecular weight is 460 g/mol. The highest BCUT2D eigenvalue weighted by molar-refractivity contribution is 5.94. The summed E-state index contributed by atoms with van der Waals surface area (Å²) in [6.45, 7) is 0.509. The number of hydrogen-bond donors (Lipinski definition) is 1. The van der Waals surface area contributed by atoms with Gasteiger partial charge >= 0.3 is 0 Å². The first kappa shape index (κ1) is 22.8. The number of carbonyl (C=O) groups excluding carboxylic acids is 1. The quantitative estimate of drug-likeness (QED) is 0.557. The molecule has 34 heavy (non-hydrogen) atoms. The zero-order valence-electron chi connectivity index (χ0n) is 19.9. The van der Waals surface area contributed by atoms with Crippen molar-refractivity contribution >= 4 is 5.91 Å². The smallest absolute Gasteiger partial charge is 0.253 e. The number of imidazole rings is 1. The standard InChI is InChI=1S/C28H33N3O3/c1-30(2)28(33)21-7-5-6-19(14-21)17-34-22-12-10-20(11-13-22)27(32)15-25-23-8-3-4-9-24(23)26-16-29-18-31(25)26/h3-9,14,16,18,20,22,25,27,32H,10-13,15,17H2,1-2H3. The van der Waals surface area contributed by atoms with Gasteiger partial charge in [0.25, 0.3) is 5.91 Å². The Morgan fingerprint density at radius 1 is 1.15 bits per heavy atom. The Hall–Kier alpha value is -2.96. The van der Waals surface area contributed by atoms with Gasteiger partial charge in [0.05, 0.1) is 43.1 Å². The number of fused-ring (bicyclic) bond motifs is 3. The summed E-state index contributed by atoms with van der Waals surface area (Å²) in [6.07, 6.45) is 8.21. The molecule has 0 saturated heterocycles. The average Bonchev–Trinajstić information content (AvgIpc) is 3.45. The van der Waals surface area contributed by atoms with E-state index in [9.17, 15) is 9.90 Å². The van der Waals surface area contributed by atoms with Gasteiger partial charge in [-0.3, -0.25) is 4.79 Å². The molecule has 1 aliphatic carbocycles. The lowest BCUT2D eigenvalue weighted by molar-refractivity contribution is -0.0160. The summed E-state index contributed by atoms with van der Waals surface area (Å²) >= 11 is 0. The number of benzene rings is 2. The molecular weight excluding hydrogens is 426 g/mol. The molecule has 1 fully saturated rings. The number of rotatable bonds is 7. The molecule has 1 N–H and O–H groups in total. The number of nitrogens with zero attached hydrogens (tertiary/aromatic N) is 3. The minimum Gasteiger partial charge on any atom is -0.393 e. The maximum atomic E-state index is 12.2. The highest BCUT2D eigenvalue weighted by Gasteiger charge is 2.33. The van der Waals surface area contributed by atoms with Gasteiger partial charge < -0.3 is 19.3 Å². The van der Waals surface area contributed by atoms with Gasteiger partial charge in [0, 0.05) is 25.2 Å². The maximum Gasteiger partial charge on any atom is 0.253 e. The zero-order valence-corrected chi connectivity index (χ0v) is 19.9. The van der Waals surface area contributed by atoms with Crippen LogP contribution in [0.15, 0.2) is 61.1 Å². The molecule has 1 aliphatic heterocycles. The second-order valence-corrected chi connectivity index (χ2v) is 9.84. The fraction of sp³-hybridized carbons (Fsp3) is 0.429. The van der Waals surface area contributed by atoms with Crippen LogP contribution in [0.4, 0.5) is 0 Å². The molecular formula is C28H33N3O3. The summed E-state index contributed by atoms with van der Waals surface area (Å²) < 4.78 is 8.40. The molecule has 1 aromatic heterocycles. The Balaban J connectivity index is 1.14. The molecule has 2 aliphatic rings. The minimum atomic E-state index is -0.346. The van der Waals surface area contributed by atoms with E-state index < -0.39 is 0 Å². The van der Waals surface area contributed by atoms with Gasteiger partial charge in [-0.2, -0.15) is 0 Å². The summed E-state index contributed by atoms with van der Waals surface area (Å²) in [4.78, 5) is 18.1. The van der Waals surface area contributed by atoms with E-state index in [-0.39, 0.29) is 24.2 Å². The SMILES string of the molecule is CN(C)C(=O)c1cccc(COC2CCC(C(O)CC3c4ccccc4-c4cncn43)CC2)c1. The van der Waals surface area contributed by atoms with Crippen LogP contribution in [0.3, 0.4) is 0 Å². The van der Waals surface area contributed by atoms with Gasteiger partial charge in [-0.1, -0.05) is 36.4 Å². The van der Waals surface area contributed by atoms with Crippen molar-refractivity contribution in [3.63, 3.8) is 0 Å². The number of aliphatic hydroxyl groups is 1. The van der Waals surface area contributed by atoms with Crippen LogP contribution in [-0.4, -0.2) is 51.8 Å². The number of carbonyl (C=O) groups is 1. The Morgan fingerprint density at radius 2 is 1.94 bits per heavy atom. The largest absolute Gasteiger partial charge is 0.393 e. The van der Waals surface area contributed by atoms with Gasteiger partial charge in [-0.05, 0) is 61.3 Å². The van der Waals surface area contributed by atoms with Crippen LogP contribution >= 0.6 is 0 Å². The Labute approximate surface area is 201 Å². The summed E-state index contributed by atoms with van der Waals surface area (Å²) in [7, 11) is 3.52. The van der Waals surface area contributed by atoms with E-state index in [1.165, 1.54) is 11.1 Å². The molecule has 2 atom stereocenters. The van der Waals surface area contributed by atoms with Gasteiger partial charge in [-0.15, -0.1) is 0 Å². The predicted octanol–water partition coefficient (Wildman–Crippen LogP) is 4.68. The highest BCUT2D eigenvalue weighted by Crippen LogP contribution is 2.42. The highest BCUT2D eigenvalue weighted by atomic mass is 16.5. The summed E-state index contributed by atoms with van der Waals surface area (Å²) in [5, 5.41) is 11.1. The van der Waals surface area contributed by atoms with Gasteiger partial charge in [0.1, 0.15) is 0 Å². The van der Waals surface area contributed by atoms with E-state index in [2.05, 4.69) is 33.8 Å². The normalized spacial score (nSPS) is 22.1. The van der Waals surface area contributed by atoms with Crippen molar-refractivity contribution < 1.29 is 14.6 Å². The van der Waals surface area contributed by atoms with Gasteiger partial charge in [0.2, 0.25) is 0 Å². The molecule has 2 aromatic carbocycles. The molecule has 2 heterocycles. The third-order valence-corrected chi connectivity index (χ3v) is 7.39. The van der Waals surface area contributed by atoms with Crippen molar-refractivity contribution in [3.8, 4) is 11.3 Å². The van der Waals surface area contributed by atoms with E-state index in [1.54, 1.807) is 19.0 Å². The van der Waals surface area contributed by atoms with Gasteiger partial charge in [0.15, 0.2) is 0 Å². The van der Waals surface area contributed by atoms with E-state index in [0.29, 0.717) is 24.5 Å². The molecule has 178 valence electrons. The molecule has 5 rings (SSSR count). The van der Waals surface area contributed by atoms with Crippen LogP contribution in [0.2, 0.25) is 0 Å². The third kappa shape index (κ3) is 4.52. The minimum absolute atomic E-state index is 0.00375. The lowest BCUT2D eigenvalue weighted by atomic mass is 9.81. The van der Waals surface area contributed by atoms with Gasteiger partial charge in [-0.25, -0.2) is 4.98 Å². The number of aromatic nitrogens is 2. The summed E-state index contributed by atoms with van der Waals surface area (Å²) in [6, 6.07) is 16.3. The topological polar surface area (TPSA) is 67.6 Å².